The van der Waals surface area contributed by atoms with Gasteiger partial charge in [-0.15, -0.1) is 0 Å². The first kappa shape index (κ1) is 15.8. The average Bonchev–Trinajstić information content (AvgIpc) is 3.17. The molecule has 1 saturated carbocycles. The zero-order chi connectivity index (χ0) is 14.8. The van der Waals surface area contributed by atoms with Crippen molar-refractivity contribution in [2.24, 2.45) is 5.41 Å². The molecule has 2 N–H and O–H groups in total. The number of nitrogens with one attached hydrogen (secondary N) is 1. The Morgan fingerprint density at radius 3 is 2.60 bits per heavy atom. The molecular formula is C14H20ClNO3S. The van der Waals surface area contributed by atoms with E-state index < -0.39 is 10.0 Å². The molecule has 0 saturated heterocycles. The standard InChI is InChI=1S/C14H20ClNO3S/c1-2-5-14(6-7-14)10-16-20(18,19)12-4-3-11(9-17)13(15)8-12/h3-4,8,16-17H,2,5-7,9-10H2,1H3. The fourth-order valence-corrected chi connectivity index (χ4v) is 3.87. The van der Waals surface area contributed by atoms with E-state index in [1.807, 2.05) is 0 Å². The molecule has 0 heterocycles. The summed E-state index contributed by atoms with van der Waals surface area (Å²) in [6.07, 6.45) is 4.31. The maximum Gasteiger partial charge on any atom is 0.240 e. The topological polar surface area (TPSA) is 66.4 Å². The summed E-state index contributed by atoms with van der Waals surface area (Å²) in [5.74, 6) is 0. The van der Waals surface area contributed by atoms with E-state index in [0.29, 0.717) is 12.1 Å². The van der Waals surface area contributed by atoms with E-state index in [9.17, 15) is 8.42 Å². The minimum Gasteiger partial charge on any atom is -0.392 e. The first-order chi connectivity index (χ1) is 9.42. The number of hydrogen-bond donors (Lipinski definition) is 2. The number of halogens is 1. The molecule has 0 aromatic heterocycles. The lowest BCUT2D eigenvalue weighted by Gasteiger charge is -2.15. The monoisotopic (exact) mass is 317 g/mol. The van der Waals surface area contributed by atoms with Crippen LogP contribution in [-0.2, 0) is 16.6 Å². The maximum absolute atomic E-state index is 12.2. The van der Waals surface area contributed by atoms with Crippen molar-refractivity contribution in [3.8, 4) is 0 Å². The van der Waals surface area contributed by atoms with Gasteiger partial charge in [0.15, 0.2) is 0 Å². The van der Waals surface area contributed by atoms with Gasteiger partial charge in [0.1, 0.15) is 0 Å². The fraction of sp³-hybridized carbons (Fsp3) is 0.571. The van der Waals surface area contributed by atoms with Crippen molar-refractivity contribution < 1.29 is 13.5 Å². The number of hydrogen-bond acceptors (Lipinski definition) is 3. The van der Waals surface area contributed by atoms with E-state index >= 15 is 0 Å². The summed E-state index contributed by atoms with van der Waals surface area (Å²) < 4.78 is 27.1. The lowest BCUT2D eigenvalue weighted by atomic mass is 10.0. The van der Waals surface area contributed by atoms with Crippen molar-refractivity contribution in [3.63, 3.8) is 0 Å². The summed E-state index contributed by atoms with van der Waals surface area (Å²) in [5, 5.41) is 9.31. The summed E-state index contributed by atoms with van der Waals surface area (Å²) in [6.45, 7) is 2.40. The minimum absolute atomic E-state index is 0.145. The molecule has 0 bridgehead atoms. The minimum atomic E-state index is -3.54. The number of aliphatic hydroxyl groups is 1. The van der Waals surface area contributed by atoms with Crippen molar-refractivity contribution in [1.29, 1.82) is 0 Å². The van der Waals surface area contributed by atoms with Gasteiger partial charge in [0, 0.05) is 11.6 Å². The highest BCUT2D eigenvalue weighted by atomic mass is 35.5. The van der Waals surface area contributed by atoms with Crippen molar-refractivity contribution >= 4 is 21.6 Å². The number of rotatable bonds is 7. The molecule has 0 radical (unpaired) electrons. The Kier molecular flexibility index (Phi) is 4.74. The third-order valence-corrected chi connectivity index (χ3v) is 5.63. The molecule has 112 valence electrons. The third kappa shape index (κ3) is 3.52. The van der Waals surface area contributed by atoms with Gasteiger partial charge in [-0.25, -0.2) is 13.1 Å². The summed E-state index contributed by atoms with van der Waals surface area (Å²) in [7, 11) is -3.54. The summed E-state index contributed by atoms with van der Waals surface area (Å²) in [5.41, 5.74) is 0.687. The number of benzene rings is 1. The van der Waals surface area contributed by atoms with Crippen LogP contribution in [0.3, 0.4) is 0 Å². The SMILES string of the molecule is CCCC1(CNS(=O)(=O)c2ccc(CO)c(Cl)c2)CC1. The molecule has 0 aliphatic heterocycles. The molecule has 1 aromatic carbocycles. The van der Waals surface area contributed by atoms with Crippen LogP contribution in [-0.4, -0.2) is 20.1 Å². The van der Waals surface area contributed by atoms with E-state index in [4.69, 9.17) is 16.7 Å². The molecule has 2 rings (SSSR count). The zero-order valence-electron chi connectivity index (χ0n) is 11.5. The van der Waals surface area contributed by atoms with Crippen LogP contribution < -0.4 is 4.72 Å². The van der Waals surface area contributed by atoms with Gasteiger partial charge in [-0.3, -0.25) is 0 Å². The van der Waals surface area contributed by atoms with Gasteiger partial charge in [0.05, 0.1) is 11.5 Å². The van der Waals surface area contributed by atoms with E-state index in [0.717, 1.165) is 25.7 Å². The van der Waals surface area contributed by atoms with Crippen molar-refractivity contribution in [2.75, 3.05) is 6.54 Å². The van der Waals surface area contributed by atoms with Gasteiger partial charge in [-0.05, 0) is 42.4 Å². The first-order valence-corrected chi connectivity index (χ1v) is 8.67. The molecule has 0 atom stereocenters. The van der Waals surface area contributed by atoms with E-state index in [-0.39, 0.29) is 21.9 Å². The molecule has 1 fully saturated rings. The van der Waals surface area contributed by atoms with Crippen molar-refractivity contribution in [2.45, 2.75) is 44.1 Å². The Morgan fingerprint density at radius 2 is 2.10 bits per heavy atom. The quantitative estimate of drug-likeness (QED) is 0.812. The van der Waals surface area contributed by atoms with Crippen molar-refractivity contribution in [1.82, 2.24) is 4.72 Å². The molecule has 1 aliphatic carbocycles. The third-order valence-electron chi connectivity index (χ3n) is 3.88. The van der Waals surface area contributed by atoms with Crippen LogP contribution in [0.5, 0.6) is 0 Å². The smallest absolute Gasteiger partial charge is 0.240 e. The Hall–Kier alpha value is -0.620. The molecular weight excluding hydrogens is 298 g/mol. The maximum atomic E-state index is 12.2. The summed E-state index contributed by atoms with van der Waals surface area (Å²) in [4.78, 5) is 0.145. The zero-order valence-corrected chi connectivity index (χ0v) is 13.1. The Labute approximate surface area is 125 Å². The van der Waals surface area contributed by atoms with Crippen LogP contribution in [0.1, 0.15) is 38.2 Å². The normalized spacial score (nSPS) is 17.1. The predicted octanol–water partition coefficient (Wildman–Crippen LogP) is 2.69. The van der Waals surface area contributed by atoms with Gasteiger partial charge in [-0.1, -0.05) is 31.0 Å². The van der Waals surface area contributed by atoms with E-state index in [1.54, 1.807) is 0 Å². The largest absolute Gasteiger partial charge is 0.392 e. The van der Waals surface area contributed by atoms with Crippen LogP contribution in [0.25, 0.3) is 0 Å². The highest BCUT2D eigenvalue weighted by Crippen LogP contribution is 2.49. The van der Waals surface area contributed by atoms with Gasteiger partial charge in [-0.2, -0.15) is 0 Å². The molecule has 6 heteroatoms. The molecule has 1 aliphatic rings. The second-order valence-electron chi connectivity index (χ2n) is 5.49. The fourth-order valence-electron chi connectivity index (χ4n) is 2.38. The Bertz CT molecular complexity index is 582. The van der Waals surface area contributed by atoms with Gasteiger partial charge >= 0.3 is 0 Å². The van der Waals surface area contributed by atoms with E-state index in [1.165, 1.54) is 18.2 Å². The Balaban J connectivity index is 2.09. The van der Waals surface area contributed by atoms with Crippen molar-refractivity contribution in [3.05, 3.63) is 28.8 Å². The van der Waals surface area contributed by atoms with Gasteiger partial charge < -0.3 is 5.11 Å². The summed E-state index contributed by atoms with van der Waals surface area (Å²) >= 11 is 5.94. The molecule has 0 unspecified atom stereocenters. The van der Waals surface area contributed by atoms with Gasteiger partial charge in [0.25, 0.3) is 0 Å². The molecule has 1 aromatic rings. The number of aliphatic hydroxyl groups excluding tert-OH is 1. The van der Waals surface area contributed by atoms with Crippen LogP contribution in [0.4, 0.5) is 0 Å². The van der Waals surface area contributed by atoms with Crippen LogP contribution in [0.2, 0.25) is 5.02 Å². The lowest BCUT2D eigenvalue weighted by molar-refractivity contribution is 0.282. The van der Waals surface area contributed by atoms with E-state index in [2.05, 4.69) is 11.6 Å². The second kappa shape index (κ2) is 6.02. The Morgan fingerprint density at radius 1 is 1.40 bits per heavy atom. The predicted molar refractivity (Wildman–Crippen MR) is 79.1 cm³/mol. The van der Waals surface area contributed by atoms with Crippen LogP contribution in [0.15, 0.2) is 23.1 Å². The van der Waals surface area contributed by atoms with Gasteiger partial charge in [0.2, 0.25) is 10.0 Å². The highest BCUT2D eigenvalue weighted by molar-refractivity contribution is 7.89. The van der Waals surface area contributed by atoms with Crippen LogP contribution >= 0.6 is 11.6 Å². The molecule has 0 spiro atoms. The number of sulfonamides is 1. The van der Waals surface area contributed by atoms with Crippen LogP contribution in [0, 0.1) is 5.41 Å². The summed E-state index contributed by atoms with van der Waals surface area (Å²) in [6, 6.07) is 4.39. The lowest BCUT2D eigenvalue weighted by Crippen LogP contribution is -2.30. The molecule has 0 amide bonds. The second-order valence-corrected chi connectivity index (χ2v) is 7.66. The first-order valence-electron chi connectivity index (χ1n) is 6.81. The highest BCUT2D eigenvalue weighted by Gasteiger charge is 2.42. The molecule has 4 nitrogen and oxygen atoms in total. The average molecular weight is 318 g/mol. The molecule has 20 heavy (non-hydrogen) atoms.